The third kappa shape index (κ3) is 1.73. The molecule has 0 saturated carbocycles. The number of hydrogen-bond acceptors (Lipinski definition) is 5. The zero-order chi connectivity index (χ0) is 11.1. The van der Waals surface area contributed by atoms with E-state index in [1.807, 2.05) is 0 Å². The van der Waals surface area contributed by atoms with Crippen molar-refractivity contribution < 1.29 is 5.11 Å². The summed E-state index contributed by atoms with van der Waals surface area (Å²) in [5, 5.41) is 9.83. The van der Waals surface area contributed by atoms with E-state index in [-0.39, 0.29) is 5.82 Å². The molecule has 0 aliphatic rings. The average molecular weight is 204 g/mol. The Morgan fingerprint density at radius 3 is 2.73 bits per heavy atom. The number of nitrogens with two attached hydrogens (primary N) is 1. The number of nitrogens with zero attached hydrogens (tertiary/aromatic N) is 3. The van der Waals surface area contributed by atoms with Crippen molar-refractivity contribution in [1.82, 2.24) is 15.0 Å². The summed E-state index contributed by atoms with van der Waals surface area (Å²) in [6.07, 6.45) is 1.63. The van der Waals surface area contributed by atoms with Gasteiger partial charge in [-0.1, -0.05) is 0 Å². The highest BCUT2D eigenvalue weighted by molar-refractivity contribution is 5.71. The van der Waals surface area contributed by atoms with Crippen LogP contribution in [0.25, 0.3) is 11.2 Å². The molecule has 0 saturated heterocycles. The predicted octanol–water partition coefficient (Wildman–Crippen LogP) is 0.834. The summed E-state index contributed by atoms with van der Waals surface area (Å²) in [4.78, 5) is 12.4. The topological polar surface area (TPSA) is 84.9 Å². The third-order valence-corrected chi connectivity index (χ3v) is 2.05. The Hall–Kier alpha value is -1.75. The predicted molar refractivity (Wildman–Crippen MR) is 57.0 cm³/mol. The van der Waals surface area contributed by atoms with Crippen molar-refractivity contribution in [2.24, 2.45) is 0 Å². The van der Waals surface area contributed by atoms with Crippen molar-refractivity contribution >= 4 is 17.0 Å². The van der Waals surface area contributed by atoms with Gasteiger partial charge in [-0.05, 0) is 26.0 Å². The fraction of sp³-hybridized carbons (Fsp3) is 0.300. The van der Waals surface area contributed by atoms with Gasteiger partial charge in [0.05, 0.1) is 0 Å². The second-order valence-corrected chi connectivity index (χ2v) is 3.86. The highest BCUT2D eigenvalue weighted by atomic mass is 16.3. The molecular weight excluding hydrogens is 192 g/mol. The molecule has 0 atom stereocenters. The molecule has 0 aliphatic carbocycles. The van der Waals surface area contributed by atoms with Crippen molar-refractivity contribution in [3.05, 3.63) is 24.0 Å². The maximum Gasteiger partial charge on any atom is 0.180 e. The number of rotatable bonds is 1. The van der Waals surface area contributed by atoms with Crippen LogP contribution >= 0.6 is 0 Å². The van der Waals surface area contributed by atoms with Gasteiger partial charge >= 0.3 is 0 Å². The summed E-state index contributed by atoms with van der Waals surface area (Å²) in [5.74, 6) is 0.216. The van der Waals surface area contributed by atoms with Gasteiger partial charge in [0.15, 0.2) is 11.5 Å². The monoisotopic (exact) mass is 204 g/mol. The summed E-state index contributed by atoms with van der Waals surface area (Å²) in [7, 11) is 0. The van der Waals surface area contributed by atoms with Gasteiger partial charge in [-0.3, -0.25) is 0 Å². The van der Waals surface area contributed by atoms with Crippen molar-refractivity contribution in [3.63, 3.8) is 0 Å². The van der Waals surface area contributed by atoms with E-state index in [4.69, 9.17) is 5.73 Å². The minimum atomic E-state index is -1.10. The number of hydrogen-bond donors (Lipinski definition) is 2. The molecule has 78 valence electrons. The van der Waals surface area contributed by atoms with E-state index in [0.29, 0.717) is 16.9 Å². The molecule has 2 aromatic rings. The maximum absolute atomic E-state index is 9.83. The molecule has 3 N–H and O–H groups in total. The molecule has 15 heavy (non-hydrogen) atoms. The number of fused-ring (bicyclic) bond motifs is 1. The summed E-state index contributed by atoms with van der Waals surface area (Å²) >= 11 is 0. The Morgan fingerprint density at radius 1 is 1.33 bits per heavy atom. The largest absolute Gasteiger partial charge is 0.384 e. The van der Waals surface area contributed by atoms with Gasteiger partial charge in [-0.2, -0.15) is 0 Å². The Kier molecular flexibility index (Phi) is 2.04. The van der Waals surface area contributed by atoms with Crippen LogP contribution in [0, 0.1) is 0 Å². The first-order chi connectivity index (χ1) is 6.98. The Morgan fingerprint density at radius 2 is 2.07 bits per heavy atom. The summed E-state index contributed by atoms with van der Waals surface area (Å²) in [5.41, 5.74) is 6.10. The van der Waals surface area contributed by atoms with Crippen LogP contribution in [-0.2, 0) is 5.60 Å². The van der Waals surface area contributed by atoms with Crippen LogP contribution in [0.1, 0.15) is 19.5 Å². The lowest BCUT2D eigenvalue weighted by Gasteiger charge is -2.17. The van der Waals surface area contributed by atoms with E-state index >= 15 is 0 Å². The molecule has 0 radical (unpaired) electrons. The maximum atomic E-state index is 9.83. The zero-order valence-electron chi connectivity index (χ0n) is 8.60. The van der Waals surface area contributed by atoms with Crippen molar-refractivity contribution in [2.45, 2.75) is 19.4 Å². The molecule has 0 bridgehead atoms. The molecule has 0 spiro atoms. The molecular formula is C10H12N4O. The normalized spacial score (nSPS) is 11.9. The van der Waals surface area contributed by atoms with Crippen LogP contribution in [-0.4, -0.2) is 20.1 Å². The summed E-state index contributed by atoms with van der Waals surface area (Å²) in [6.45, 7) is 3.24. The molecule has 0 aliphatic heterocycles. The zero-order valence-corrected chi connectivity index (χ0v) is 8.60. The smallest absolute Gasteiger partial charge is 0.180 e. The van der Waals surface area contributed by atoms with Gasteiger partial charge in [-0.15, -0.1) is 0 Å². The molecule has 0 amide bonds. The molecule has 5 nitrogen and oxygen atoms in total. The fourth-order valence-electron chi connectivity index (χ4n) is 1.36. The number of aliphatic hydroxyl groups is 1. The SMILES string of the molecule is CC(C)(O)c1nc2cccnc2nc1N. The second kappa shape index (κ2) is 3.13. The third-order valence-electron chi connectivity index (χ3n) is 2.05. The molecule has 0 aromatic carbocycles. The highest BCUT2D eigenvalue weighted by Crippen LogP contribution is 2.23. The minimum absolute atomic E-state index is 0.216. The van der Waals surface area contributed by atoms with Gasteiger partial charge in [-0.25, -0.2) is 15.0 Å². The van der Waals surface area contributed by atoms with E-state index in [2.05, 4.69) is 15.0 Å². The first kappa shape index (κ1) is 9.79. The Balaban J connectivity index is 2.73. The van der Waals surface area contributed by atoms with Crippen LogP contribution in [0.15, 0.2) is 18.3 Å². The molecule has 2 aromatic heterocycles. The van der Waals surface area contributed by atoms with E-state index in [0.717, 1.165) is 0 Å². The molecule has 5 heteroatoms. The lowest BCUT2D eigenvalue weighted by molar-refractivity contribution is 0.0747. The van der Waals surface area contributed by atoms with E-state index in [9.17, 15) is 5.11 Å². The van der Waals surface area contributed by atoms with Crippen molar-refractivity contribution in [2.75, 3.05) is 5.73 Å². The summed E-state index contributed by atoms with van der Waals surface area (Å²) < 4.78 is 0. The van der Waals surface area contributed by atoms with Crippen LogP contribution in [0.3, 0.4) is 0 Å². The van der Waals surface area contributed by atoms with Gasteiger partial charge in [0.2, 0.25) is 0 Å². The molecule has 2 heterocycles. The molecule has 0 unspecified atom stereocenters. The molecule has 0 fully saturated rings. The average Bonchev–Trinajstić information content (AvgIpc) is 2.15. The summed E-state index contributed by atoms with van der Waals surface area (Å²) in [6, 6.07) is 3.55. The first-order valence-corrected chi connectivity index (χ1v) is 4.59. The van der Waals surface area contributed by atoms with Crippen LogP contribution in [0.5, 0.6) is 0 Å². The van der Waals surface area contributed by atoms with Gasteiger partial charge in [0.25, 0.3) is 0 Å². The van der Waals surface area contributed by atoms with Gasteiger partial charge in [0, 0.05) is 6.20 Å². The van der Waals surface area contributed by atoms with E-state index < -0.39 is 5.60 Å². The van der Waals surface area contributed by atoms with Gasteiger partial charge in [0.1, 0.15) is 16.8 Å². The number of nitrogen functional groups attached to an aromatic ring is 1. The Labute approximate surface area is 87.0 Å². The first-order valence-electron chi connectivity index (χ1n) is 4.59. The van der Waals surface area contributed by atoms with Crippen molar-refractivity contribution in [3.8, 4) is 0 Å². The number of pyridine rings is 1. The second-order valence-electron chi connectivity index (χ2n) is 3.86. The minimum Gasteiger partial charge on any atom is -0.384 e. The van der Waals surface area contributed by atoms with Gasteiger partial charge < -0.3 is 10.8 Å². The molecule has 2 rings (SSSR count). The number of anilines is 1. The Bertz CT molecular complexity index is 504. The van der Waals surface area contributed by atoms with E-state index in [1.165, 1.54) is 0 Å². The van der Waals surface area contributed by atoms with Crippen molar-refractivity contribution in [1.29, 1.82) is 0 Å². The lowest BCUT2D eigenvalue weighted by atomic mass is 10.1. The highest BCUT2D eigenvalue weighted by Gasteiger charge is 2.22. The lowest BCUT2D eigenvalue weighted by Crippen LogP contribution is -2.20. The number of aromatic nitrogens is 3. The van der Waals surface area contributed by atoms with Crippen LogP contribution < -0.4 is 5.73 Å². The van der Waals surface area contributed by atoms with Crippen LogP contribution in [0.4, 0.5) is 5.82 Å². The van der Waals surface area contributed by atoms with Crippen LogP contribution in [0.2, 0.25) is 0 Å². The quantitative estimate of drug-likeness (QED) is 0.718. The standard InChI is InChI=1S/C10H12N4O/c1-10(2,15)7-8(11)14-9-6(13-7)4-3-5-12-9/h3-5,15H,1-2H3,(H2,11,12,14). The van der Waals surface area contributed by atoms with E-state index in [1.54, 1.807) is 32.2 Å². The fourth-order valence-corrected chi connectivity index (χ4v) is 1.36.